The van der Waals surface area contributed by atoms with Crippen LogP contribution in [0.3, 0.4) is 0 Å². The minimum atomic E-state index is -0.532. The number of pyridine rings is 6. The number of nitrogens with zero attached hydrogens (tertiary/aromatic N) is 14. The minimum Gasteiger partial charge on any atom is -0.444 e. The van der Waals surface area contributed by atoms with Crippen molar-refractivity contribution in [3.05, 3.63) is 212 Å². The molecular weight excluding hydrogens is 1420 g/mol. The molecule has 0 unspecified atom stereocenters. The van der Waals surface area contributed by atoms with Gasteiger partial charge in [-0.25, -0.2) is 24.5 Å². The maximum atomic E-state index is 13.5. The van der Waals surface area contributed by atoms with Gasteiger partial charge in [0, 0.05) is 170 Å². The molecule has 0 saturated carbocycles. The van der Waals surface area contributed by atoms with Crippen LogP contribution in [-0.4, -0.2) is 153 Å². The third kappa shape index (κ3) is 19.5. The number of thiophene rings is 3. The first-order valence-corrected chi connectivity index (χ1v) is 38.8. The normalized spacial score (nSPS) is 13.8. The third-order valence-electron chi connectivity index (χ3n) is 19.4. The van der Waals surface area contributed by atoms with Crippen molar-refractivity contribution in [2.75, 3.05) is 80.1 Å². The fourth-order valence-corrected chi connectivity index (χ4v) is 16.2. The number of aromatic nitrogens is 9. The number of piperidine rings is 1. The van der Waals surface area contributed by atoms with Gasteiger partial charge in [-0.3, -0.25) is 42.5 Å². The minimum absolute atomic E-state index is 0. The quantitative estimate of drug-likeness (QED) is 0.0788. The molecule has 0 bridgehead atoms. The van der Waals surface area contributed by atoms with E-state index < -0.39 is 11.6 Å². The van der Waals surface area contributed by atoms with Crippen LogP contribution in [0, 0.1) is 41.5 Å². The lowest BCUT2D eigenvalue weighted by Crippen LogP contribution is -2.50. The van der Waals surface area contributed by atoms with Crippen LogP contribution < -0.4 is 20.4 Å². The average Bonchev–Trinajstić information content (AvgIpc) is 1.66. The summed E-state index contributed by atoms with van der Waals surface area (Å²) in [6.07, 6.45) is 23.6. The molecule has 572 valence electrons. The molecule has 12 aromatic rings. The highest BCUT2D eigenvalue weighted by atomic mass is 32.1. The van der Waals surface area contributed by atoms with Gasteiger partial charge in [-0.05, 0) is 190 Å². The van der Waals surface area contributed by atoms with E-state index in [0.717, 1.165) is 113 Å². The maximum absolute atomic E-state index is 13.5. The SMILES string of the molecule is C.C.C.Cc1ccc(CCC(=O)c2cc(N3CCCCC3)c3ncc(-c4ccc(C)s4)n3c2)cn1.Cc1ccc(CCC(=O)c2cc(N3CCN(C(=O)OC(C)(C)C)CC3)c3ncc(-c4ccc(C)s4)n3c2)cn1.Cc1ccc(CCC(=O)c2cc(N3CCN(C(N)=O)CC3)c3ncc(-c4ccc(C)s4)n3c2)cn1. The van der Waals surface area contributed by atoms with E-state index in [4.69, 9.17) is 25.4 Å². The zero-order chi connectivity index (χ0) is 74.3. The van der Waals surface area contributed by atoms with Gasteiger partial charge in [-0.1, -0.05) is 40.5 Å². The molecule has 3 aliphatic rings. The van der Waals surface area contributed by atoms with Gasteiger partial charge in [-0.15, -0.1) is 34.0 Å². The lowest BCUT2D eigenvalue weighted by atomic mass is 10.0. The number of aryl methyl sites for hydroxylation is 9. The fourth-order valence-electron chi connectivity index (χ4n) is 13.5. The Hall–Kier alpha value is -10.4. The molecule has 12 aromatic heterocycles. The smallest absolute Gasteiger partial charge is 0.410 e. The summed E-state index contributed by atoms with van der Waals surface area (Å²) in [5.74, 6) is 0.312. The summed E-state index contributed by atoms with van der Waals surface area (Å²) >= 11 is 5.17. The maximum Gasteiger partial charge on any atom is 0.410 e. The second kappa shape index (κ2) is 35.7. The van der Waals surface area contributed by atoms with Crippen LogP contribution in [0.2, 0.25) is 0 Å². The van der Waals surface area contributed by atoms with E-state index in [1.165, 1.54) is 38.8 Å². The molecule has 0 aromatic carbocycles. The first-order valence-electron chi connectivity index (χ1n) is 36.4. The average molecular weight is 1530 g/mol. The number of rotatable bonds is 18. The molecule has 21 nitrogen and oxygen atoms in total. The summed E-state index contributed by atoms with van der Waals surface area (Å²) in [4.78, 5) is 109. The predicted molar refractivity (Wildman–Crippen MR) is 444 cm³/mol. The molecule has 15 heterocycles. The van der Waals surface area contributed by atoms with Crippen LogP contribution in [0.5, 0.6) is 0 Å². The summed E-state index contributed by atoms with van der Waals surface area (Å²) in [6.45, 7) is 24.5. The Kier molecular flexibility index (Phi) is 26.6. The van der Waals surface area contributed by atoms with E-state index in [1.54, 1.807) is 43.8 Å². The number of hydrogen-bond acceptors (Lipinski definition) is 18. The van der Waals surface area contributed by atoms with Gasteiger partial charge >= 0.3 is 12.1 Å². The number of carbonyl (C=O) groups is 5. The number of anilines is 3. The molecule has 0 spiro atoms. The Bertz CT molecular complexity index is 5140. The van der Waals surface area contributed by atoms with Gasteiger partial charge in [0.2, 0.25) is 0 Å². The number of imidazole rings is 3. The van der Waals surface area contributed by atoms with Crippen molar-refractivity contribution in [3.8, 4) is 31.7 Å². The Morgan fingerprint density at radius 2 is 0.725 bits per heavy atom. The lowest BCUT2D eigenvalue weighted by molar-refractivity contribution is 0.0240. The number of ether oxygens (including phenoxy) is 1. The van der Waals surface area contributed by atoms with Crippen molar-refractivity contribution >= 4 is 97.5 Å². The molecule has 0 atom stereocenters. The molecule has 0 aliphatic carbocycles. The molecule has 2 N–H and O–H groups in total. The number of fused-ring (bicyclic) bond motifs is 3. The van der Waals surface area contributed by atoms with Crippen molar-refractivity contribution in [1.29, 1.82) is 0 Å². The van der Waals surface area contributed by atoms with E-state index in [2.05, 4.69) is 103 Å². The number of primary amides is 1. The molecule has 109 heavy (non-hydrogen) atoms. The van der Waals surface area contributed by atoms with Gasteiger partial charge < -0.3 is 35.0 Å². The summed E-state index contributed by atoms with van der Waals surface area (Å²) in [6, 6.07) is 30.3. The zero-order valence-electron chi connectivity index (χ0n) is 61.8. The van der Waals surface area contributed by atoms with Crippen LogP contribution in [0.1, 0.15) is 161 Å². The highest BCUT2D eigenvalue weighted by Gasteiger charge is 2.30. The van der Waals surface area contributed by atoms with Crippen LogP contribution in [0.15, 0.2) is 147 Å². The number of Topliss-reactive ketones (excluding diaryl/α,β-unsaturated/α-hetero) is 3. The van der Waals surface area contributed by atoms with Gasteiger partial charge in [0.1, 0.15) is 5.60 Å². The second-order valence-electron chi connectivity index (χ2n) is 28.6. The van der Waals surface area contributed by atoms with Gasteiger partial charge in [-0.2, -0.15) is 0 Å². The Morgan fingerprint density at radius 3 is 1.01 bits per heavy atom. The van der Waals surface area contributed by atoms with Gasteiger partial charge in [0.15, 0.2) is 34.3 Å². The van der Waals surface area contributed by atoms with E-state index in [9.17, 15) is 24.0 Å². The van der Waals surface area contributed by atoms with Crippen LogP contribution in [-0.2, 0) is 24.0 Å². The number of carbonyl (C=O) groups excluding carboxylic acids is 5. The Balaban J connectivity index is 0.000000173. The van der Waals surface area contributed by atoms with E-state index >= 15 is 0 Å². The number of piperazine rings is 2. The lowest BCUT2D eigenvalue weighted by Gasteiger charge is -2.36. The van der Waals surface area contributed by atoms with E-state index in [1.807, 2.05) is 149 Å². The first kappa shape index (κ1) is 81.1. The molecule has 3 saturated heterocycles. The molecule has 3 amide bonds. The highest BCUT2D eigenvalue weighted by Crippen LogP contribution is 2.37. The number of ketones is 3. The number of nitrogens with two attached hydrogens (primary N) is 1. The monoisotopic (exact) mass is 1530 g/mol. The van der Waals surface area contributed by atoms with Crippen molar-refractivity contribution in [2.24, 2.45) is 5.73 Å². The molecular formula is C85H103N15O6S3. The third-order valence-corrected chi connectivity index (χ3v) is 22.5. The van der Waals surface area contributed by atoms with Crippen LogP contribution >= 0.6 is 34.0 Å². The molecule has 24 heteroatoms. The Labute approximate surface area is 652 Å². The molecule has 0 radical (unpaired) electrons. The number of urea groups is 1. The fraction of sp³-hybridized carbons (Fsp3) is 0.376. The Morgan fingerprint density at radius 1 is 0.404 bits per heavy atom. The van der Waals surface area contributed by atoms with Crippen molar-refractivity contribution in [2.45, 2.75) is 148 Å². The summed E-state index contributed by atoms with van der Waals surface area (Å²) in [5, 5.41) is 0. The summed E-state index contributed by atoms with van der Waals surface area (Å²) < 4.78 is 11.8. The summed E-state index contributed by atoms with van der Waals surface area (Å²) in [7, 11) is 0. The first-order chi connectivity index (χ1) is 51.0. The number of amides is 3. The van der Waals surface area contributed by atoms with Crippen molar-refractivity contribution in [3.63, 3.8) is 0 Å². The number of hydrogen-bond donors (Lipinski definition) is 1. The molecule has 3 aliphatic heterocycles. The van der Waals surface area contributed by atoms with Gasteiger partial charge in [0.25, 0.3) is 0 Å². The molecule has 3 fully saturated rings. The van der Waals surface area contributed by atoms with Crippen molar-refractivity contribution in [1.82, 2.24) is 52.9 Å². The molecule has 15 rings (SSSR count). The van der Waals surface area contributed by atoms with Crippen LogP contribution in [0.25, 0.3) is 48.7 Å². The topological polar surface area (TPSA) is 227 Å². The van der Waals surface area contributed by atoms with Crippen molar-refractivity contribution < 1.29 is 28.7 Å². The second-order valence-corrected chi connectivity index (χ2v) is 32.5. The highest BCUT2D eigenvalue weighted by molar-refractivity contribution is 7.16. The summed E-state index contributed by atoms with van der Waals surface area (Å²) in [5.41, 5.74) is 21.5. The van der Waals surface area contributed by atoms with Crippen LogP contribution in [0.4, 0.5) is 26.7 Å². The largest absolute Gasteiger partial charge is 0.444 e. The zero-order valence-corrected chi connectivity index (χ0v) is 64.3. The standard InChI is InChI=1S/C30H35N5O3S.C26H28N6O2S.C26H28N4OS.3CH4/c1-20-6-8-22(17-31-20)9-10-26(36)23-16-24(33-12-14-34(15-13-33)29(37)38-30(3,4)5)28-32-18-25(35(28)19-23)27-11-7-21(2)39-27;1-17-3-5-19(14-28-17)6-7-23(33)20-13-21(30-9-11-31(12-10-30)26(27)34)25-29-15-22(32(25)16-20)24-8-4-18(2)35-24;1-18-6-8-20(15-27-18)9-10-24(31)21-14-22(29-12-4-3-5-13-29)26-28-16-23(30(26)17-21)25-11-7-19(2)32-25;;;/h6-8,11,16-19H,9-10,12-15H2,1-5H3;3-5,8,13-16H,6-7,9-12H2,1-2H3,(H2,27,34);6-8,11,14-17H,3-5,9-10,12-13H2,1-2H3;3*1H4. The van der Waals surface area contributed by atoms with E-state index in [-0.39, 0.29) is 45.7 Å². The van der Waals surface area contributed by atoms with E-state index in [0.29, 0.717) is 102 Å². The predicted octanol–water partition coefficient (Wildman–Crippen LogP) is 17.8. The van der Waals surface area contributed by atoms with Gasteiger partial charge in [0.05, 0.1) is 67.4 Å².